The van der Waals surface area contributed by atoms with Gasteiger partial charge in [-0.1, -0.05) is 43.0 Å². The number of rotatable bonds is 7. The Morgan fingerprint density at radius 3 is 2.27 bits per heavy atom. The Balaban J connectivity index is 2.00. The monoisotopic (exact) mass is 448 g/mol. The van der Waals surface area contributed by atoms with Crippen LogP contribution in [-0.4, -0.2) is 30.8 Å². The van der Waals surface area contributed by atoms with E-state index in [1.165, 1.54) is 11.3 Å². The van der Waals surface area contributed by atoms with E-state index in [4.69, 9.17) is 27.9 Å². The van der Waals surface area contributed by atoms with Gasteiger partial charge in [-0.2, -0.15) is 0 Å². The van der Waals surface area contributed by atoms with Crippen molar-refractivity contribution in [1.82, 2.24) is 5.32 Å². The Hall–Kier alpha value is -2.24. The molecule has 0 radical (unpaired) electrons. The van der Waals surface area contributed by atoms with E-state index in [-0.39, 0.29) is 23.7 Å². The van der Waals surface area contributed by atoms with Crippen LogP contribution >= 0.6 is 23.2 Å². The quantitative estimate of drug-likeness (QED) is 0.598. The minimum absolute atomic E-state index is 0.116. The average Bonchev–Trinajstić information content (AvgIpc) is 2.78. The van der Waals surface area contributed by atoms with E-state index in [2.05, 4.69) is 5.32 Å². The van der Waals surface area contributed by atoms with Crippen LogP contribution in [0.15, 0.2) is 48.5 Å². The molecule has 1 atom stereocenters. The highest BCUT2D eigenvalue weighted by Gasteiger charge is 2.33. The number of amides is 2. The summed E-state index contributed by atoms with van der Waals surface area (Å²) in [6, 6.07) is 13.2. The number of carbonyl (C=O) groups is 2. The molecule has 1 saturated carbocycles. The van der Waals surface area contributed by atoms with Crippen molar-refractivity contribution in [1.29, 1.82) is 0 Å². The molecule has 7 heteroatoms. The zero-order chi connectivity index (χ0) is 21.5. The molecule has 30 heavy (non-hydrogen) atoms. The van der Waals surface area contributed by atoms with Gasteiger partial charge < -0.3 is 10.1 Å². The van der Waals surface area contributed by atoms with E-state index < -0.39 is 6.04 Å². The summed E-state index contributed by atoms with van der Waals surface area (Å²) in [6.07, 6.45) is 5.28. The van der Waals surface area contributed by atoms with Crippen LogP contribution in [0.1, 0.15) is 43.7 Å². The molecule has 160 valence electrons. The molecule has 1 aliphatic carbocycles. The molecule has 0 aromatic heterocycles. The maximum atomic E-state index is 13.5. The fourth-order valence-corrected chi connectivity index (χ4v) is 4.09. The molecule has 0 bridgehead atoms. The standard InChI is InChI=1S/C23H26Cl2N2O3/c1-30-20-13-7-16(8-14-20)22(23(29)26-18-5-3-2-4-6-18)27(21(28)15-24)19-11-9-17(25)10-12-19/h7-14,18,22H,2-6,15H2,1H3,(H,26,29)/t22-/m1/s1. The lowest BCUT2D eigenvalue weighted by Crippen LogP contribution is -2.47. The molecule has 2 amide bonds. The Bertz CT molecular complexity index is 850. The molecule has 0 unspecified atom stereocenters. The number of benzene rings is 2. The maximum Gasteiger partial charge on any atom is 0.248 e. The lowest BCUT2D eigenvalue weighted by molar-refractivity contribution is -0.126. The summed E-state index contributed by atoms with van der Waals surface area (Å²) in [5.74, 6) is -0.155. The molecular weight excluding hydrogens is 423 g/mol. The Kier molecular flexibility index (Phi) is 8.00. The highest BCUT2D eigenvalue weighted by atomic mass is 35.5. The van der Waals surface area contributed by atoms with E-state index in [9.17, 15) is 9.59 Å². The summed E-state index contributed by atoms with van der Waals surface area (Å²) in [5.41, 5.74) is 1.24. The fourth-order valence-electron chi connectivity index (χ4n) is 3.83. The first-order valence-corrected chi connectivity index (χ1v) is 11.0. The van der Waals surface area contributed by atoms with Crippen molar-refractivity contribution in [3.05, 3.63) is 59.1 Å². The van der Waals surface area contributed by atoms with Gasteiger partial charge in [-0.3, -0.25) is 14.5 Å². The summed E-state index contributed by atoms with van der Waals surface area (Å²) in [6.45, 7) is 0. The lowest BCUT2D eigenvalue weighted by atomic mass is 9.94. The summed E-state index contributed by atoms with van der Waals surface area (Å²) in [4.78, 5) is 27.8. The van der Waals surface area contributed by atoms with Gasteiger partial charge in [0.25, 0.3) is 0 Å². The van der Waals surface area contributed by atoms with Gasteiger partial charge in [0.05, 0.1) is 7.11 Å². The van der Waals surface area contributed by atoms with Gasteiger partial charge in [-0.05, 0) is 54.8 Å². The van der Waals surface area contributed by atoms with E-state index in [0.717, 1.165) is 25.7 Å². The van der Waals surface area contributed by atoms with E-state index in [1.807, 2.05) is 0 Å². The van der Waals surface area contributed by atoms with Crippen molar-refractivity contribution in [2.24, 2.45) is 0 Å². The molecule has 0 spiro atoms. The predicted octanol–water partition coefficient (Wildman–Crippen LogP) is 5.11. The molecule has 0 aliphatic heterocycles. The number of anilines is 1. The van der Waals surface area contributed by atoms with Crippen LogP contribution in [0.5, 0.6) is 5.75 Å². The van der Waals surface area contributed by atoms with Gasteiger partial charge in [0.1, 0.15) is 17.7 Å². The normalized spacial score (nSPS) is 15.3. The van der Waals surface area contributed by atoms with Crippen LogP contribution in [-0.2, 0) is 9.59 Å². The smallest absolute Gasteiger partial charge is 0.248 e. The van der Waals surface area contributed by atoms with Crippen LogP contribution in [0.3, 0.4) is 0 Å². The van der Waals surface area contributed by atoms with Crippen LogP contribution in [0, 0.1) is 0 Å². The van der Waals surface area contributed by atoms with Crippen molar-refractivity contribution in [3.8, 4) is 5.75 Å². The van der Waals surface area contributed by atoms with Crippen LogP contribution in [0.2, 0.25) is 5.02 Å². The zero-order valence-corrected chi connectivity index (χ0v) is 18.5. The van der Waals surface area contributed by atoms with Gasteiger partial charge in [0.2, 0.25) is 11.8 Å². The number of carbonyl (C=O) groups excluding carboxylic acids is 2. The third kappa shape index (κ3) is 5.46. The maximum absolute atomic E-state index is 13.5. The minimum Gasteiger partial charge on any atom is -0.497 e. The van der Waals surface area contributed by atoms with E-state index >= 15 is 0 Å². The second-order valence-electron chi connectivity index (χ2n) is 7.39. The lowest BCUT2D eigenvalue weighted by Gasteiger charge is -2.33. The van der Waals surface area contributed by atoms with Crippen LogP contribution < -0.4 is 15.0 Å². The van der Waals surface area contributed by atoms with Gasteiger partial charge >= 0.3 is 0 Å². The van der Waals surface area contributed by atoms with Gasteiger partial charge in [-0.25, -0.2) is 0 Å². The summed E-state index contributed by atoms with van der Waals surface area (Å²) in [5, 5.41) is 3.70. The summed E-state index contributed by atoms with van der Waals surface area (Å²) >= 11 is 12.0. The molecule has 2 aromatic rings. The predicted molar refractivity (Wildman–Crippen MR) is 120 cm³/mol. The second-order valence-corrected chi connectivity index (χ2v) is 8.10. The zero-order valence-electron chi connectivity index (χ0n) is 16.9. The summed E-state index contributed by atoms with van der Waals surface area (Å²) < 4.78 is 5.24. The topological polar surface area (TPSA) is 58.6 Å². The largest absolute Gasteiger partial charge is 0.497 e. The Morgan fingerprint density at radius 2 is 1.70 bits per heavy atom. The highest BCUT2D eigenvalue weighted by Crippen LogP contribution is 2.31. The number of alkyl halides is 1. The van der Waals surface area contributed by atoms with Gasteiger partial charge in [0.15, 0.2) is 0 Å². The number of nitrogens with zero attached hydrogens (tertiary/aromatic N) is 1. The highest BCUT2D eigenvalue weighted by molar-refractivity contribution is 6.31. The van der Waals surface area contributed by atoms with E-state index in [0.29, 0.717) is 22.0 Å². The molecule has 1 N–H and O–H groups in total. The summed E-state index contributed by atoms with van der Waals surface area (Å²) in [7, 11) is 1.58. The van der Waals surface area contributed by atoms with Crippen molar-refractivity contribution in [3.63, 3.8) is 0 Å². The first kappa shape index (κ1) is 22.4. The minimum atomic E-state index is -0.856. The molecule has 2 aromatic carbocycles. The molecule has 0 saturated heterocycles. The third-order valence-electron chi connectivity index (χ3n) is 5.38. The first-order chi connectivity index (χ1) is 14.5. The molecule has 1 fully saturated rings. The number of halogens is 2. The van der Waals surface area contributed by atoms with Crippen molar-refractivity contribution in [2.45, 2.75) is 44.2 Å². The number of hydrogen-bond donors (Lipinski definition) is 1. The second kappa shape index (κ2) is 10.7. The van der Waals surface area contributed by atoms with E-state index in [1.54, 1.807) is 55.6 Å². The third-order valence-corrected chi connectivity index (χ3v) is 5.86. The number of ether oxygens (including phenoxy) is 1. The molecule has 0 heterocycles. The number of nitrogens with one attached hydrogen (secondary N) is 1. The number of methoxy groups -OCH3 is 1. The first-order valence-electron chi connectivity index (χ1n) is 10.1. The average molecular weight is 449 g/mol. The molecule has 1 aliphatic rings. The fraction of sp³-hybridized carbons (Fsp3) is 0.391. The molecule has 3 rings (SSSR count). The van der Waals surface area contributed by atoms with Crippen molar-refractivity contribution in [2.75, 3.05) is 17.9 Å². The van der Waals surface area contributed by atoms with Crippen molar-refractivity contribution < 1.29 is 14.3 Å². The van der Waals surface area contributed by atoms with Gasteiger partial charge in [0, 0.05) is 16.8 Å². The van der Waals surface area contributed by atoms with Crippen LogP contribution in [0.25, 0.3) is 0 Å². The van der Waals surface area contributed by atoms with Crippen molar-refractivity contribution >= 4 is 40.7 Å². The van der Waals surface area contributed by atoms with Crippen LogP contribution in [0.4, 0.5) is 5.69 Å². The SMILES string of the molecule is COc1ccc([C@H](C(=O)NC2CCCCC2)N(C(=O)CCl)c2ccc(Cl)cc2)cc1. The van der Waals surface area contributed by atoms with Gasteiger partial charge in [-0.15, -0.1) is 11.6 Å². The molecular formula is C23H26Cl2N2O3. The molecule has 5 nitrogen and oxygen atoms in total. The Labute approximate surface area is 187 Å². The number of hydrogen-bond acceptors (Lipinski definition) is 3. The Morgan fingerprint density at radius 1 is 1.07 bits per heavy atom.